The Bertz CT molecular complexity index is 2330. The number of aliphatic carboxylic acids is 2. The summed E-state index contributed by atoms with van der Waals surface area (Å²) in [6.45, 7) is 11.6. The van der Waals surface area contributed by atoms with Crippen LogP contribution in [0.4, 0.5) is 26.3 Å². The zero-order valence-electron chi connectivity index (χ0n) is 36.4. The maximum Gasteiger partial charge on any atom is 0.490 e. The van der Waals surface area contributed by atoms with E-state index in [1.807, 2.05) is 41.2 Å². The molecule has 5 N–H and O–H groups in total. The summed E-state index contributed by atoms with van der Waals surface area (Å²) in [6.07, 6.45) is -6.74. The molecule has 2 saturated heterocycles. The van der Waals surface area contributed by atoms with Gasteiger partial charge in [0.2, 0.25) is 5.91 Å². The van der Waals surface area contributed by atoms with Gasteiger partial charge in [0.25, 0.3) is 5.91 Å². The van der Waals surface area contributed by atoms with Crippen LogP contribution in [0.1, 0.15) is 58.4 Å². The standard InChI is InChI=1S/C38H49ClN6O6S2.2C2HF3O2/c1-3-44(17-14-40-13-8-28-5-7-32(46)34-35(28)53-37(49)42-34)33(47)10-20-50-19-9-29-22-27(4-6-30(29)39)23-43-15-11-38(12-16-43)25-45(18-21-51-38)36(48)31-24-52-26(2)41-31;2*3-2(4,5)1(6)7/h4-7,22,24,40,46H,3,8-21,23,25H2,1-2H3,(H,42,49);2*(H,6,7). The van der Waals surface area contributed by atoms with E-state index in [1.54, 1.807) is 6.07 Å². The number of benzene rings is 2. The van der Waals surface area contributed by atoms with Crippen LogP contribution in [0.3, 0.4) is 0 Å². The SMILES string of the molecule is CCN(CCNCCc1ccc(O)c2[nH]c(=O)sc12)C(=O)CCOCCc1cc(CN2CCC3(CC2)CN(C(=O)c2csc(C)n2)CCO3)ccc1Cl.O=C(O)C(F)(F)F.O=C(O)C(F)(F)F. The zero-order chi connectivity index (χ0) is 49.5. The number of phenols is 1. The minimum Gasteiger partial charge on any atom is -0.506 e. The van der Waals surface area contributed by atoms with Gasteiger partial charge in [-0.15, -0.1) is 11.3 Å². The van der Waals surface area contributed by atoms with Crippen molar-refractivity contribution in [2.45, 2.75) is 70.4 Å². The number of rotatable bonds is 16. The number of ether oxygens (including phenoxy) is 2. The van der Waals surface area contributed by atoms with Crippen molar-refractivity contribution >= 4 is 68.2 Å². The number of aryl methyl sites for hydroxylation is 1. The van der Waals surface area contributed by atoms with Gasteiger partial charge in [-0.2, -0.15) is 26.3 Å². The molecule has 0 unspecified atom stereocenters. The van der Waals surface area contributed by atoms with Crippen LogP contribution in [0.15, 0.2) is 40.5 Å². The summed E-state index contributed by atoms with van der Waals surface area (Å²) in [5.74, 6) is -5.38. The Labute approximate surface area is 393 Å². The van der Waals surface area contributed by atoms with E-state index in [4.69, 9.17) is 40.9 Å². The highest BCUT2D eigenvalue weighted by molar-refractivity contribution is 7.16. The van der Waals surface area contributed by atoms with Crippen molar-refractivity contribution in [3.63, 3.8) is 0 Å². The molecule has 1 spiro atoms. The third kappa shape index (κ3) is 17.0. The number of aromatic nitrogens is 2. The number of piperidine rings is 1. The van der Waals surface area contributed by atoms with Crippen LogP contribution in [-0.2, 0) is 43.2 Å². The number of H-pyrrole nitrogens is 1. The van der Waals surface area contributed by atoms with Gasteiger partial charge in [0, 0.05) is 56.2 Å². The Morgan fingerprint density at radius 1 is 0.985 bits per heavy atom. The fourth-order valence-electron chi connectivity index (χ4n) is 7.13. The summed E-state index contributed by atoms with van der Waals surface area (Å²) < 4.78 is 76.4. The van der Waals surface area contributed by atoms with E-state index in [2.05, 4.69) is 32.3 Å². The first kappa shape index (κ1) is 54.8. The molecule has 2 aromatic heterocycles. The van der Waals surface area contributed by atoms with Gasteiger partial charge in [-0.3, -0.25) is 19.3 Å². The summed E-state index contributed by atoms with van der Waals surface area (Å²) >= 11 is 9.18. The number of hydrogen-bond acceptors (Lipinski definition) is 13. The second-order valence-corrected chi connectivity index (χ2v) is 17.8. The molecule has 0 saturated carbocycles. The number of morpholine rings is 1. The molecule has 16 nitrogen and oxygen atoms in total. The van der Waals surface area contributed by atoms with Gasteiger partial charge in [0.1, 0.15) is 17.0 Å². The number of carbonyl (C=O) groups is 4. The molecular formula is C42H51ClF6N6O10S2. The van der Waals surface area contributed by atoms with Gasteiger partial charge in [0.05, 0.1) is 48.1 Å². The topological polar surface area (TPSA) is 215 Å². The van der Waals surface area contributed by atoms with Crippen LogP contribution in [0, 0.1) is 6.92 Å². The predicted octanol–water partition coefficient (Wildman–Crippen LogP) is 6.12. The molecular weight excluding hydrogens is 962 g/mol. The van der Waals surface area contributed by atoms with Gasteiger partial charge in [-0.05, 0) is 74.9 Å². The molecule has 67 heavy (non-hydrogen) atoms. The number of alkyl halides is 6. The van der Waals surface area contributed by atoms with E-state index in [0.717, 1.165) is 64.6 Å². The minimum atomic E-state index is -5.08. The van der Waals surface area contributed by atoms with E-state index in [0.29, 0.717) is 94.6 Å². The van der Waals surface area contributed by atoms with Crippen molar-refractivity contribution in [1.29, 1.82) is 0 Å². The maximum absolute atomic E-state index is 13.1. The number of halogens is 7. The molecule has 370 valence electrons. The summed E-state index contributed by atoms with van der Waals surface area (Å²) in [4.78, 5) is 68.6. The van der Waals surface area contributed by atoms with Crippen LogP contribution in [-0.4, -0.2) is 154 Å². The lowest BCUT2D eigenvalue weighted by atomic mass is 9.89. The highest BCUT2D eigenvalue weighted by Gasteiger charge is 2.42. The van der Waals surface area contributed by atoms with E-state index in [-0.39, 0.29) is 28.0 Å². The Hall–Kier alpha value is -4.85. The maximum atomic E-state index is 13.1. The molecule has 25 heteroatoms. The number of amides is 2. The summed E-state index contributed by atoms with van der Waals surface area (Å²) in [6, 6.07) is 9.64. The second-order valence-electron chi connectivity index (χ2n) is 15.4. The lowest BCUT2D eigenvalue weighted by molar-refractivity contribution is -0.193. The van der Waals surface area contributed by atoms with Crippen LogP contribution in [0.25, 0.3) is 10.2 Å². The Balaban J connectivity index is 0.000000608. The highest BCUT2D eigenvalue weighted by atomic mass is 35.5. The predicted molar refractivity (Wildman–Crippen MR) is 237 cm³/mol. The molecule has 0 atom stereocenters. The largest absolute Gasteiger partial charge is 0.506 e. The number of nitrogens with zero attached hydrogens (tertiary/aromatic N) is 4. The summed E-state index contributed by atoms with van der Waals surface area (Å²) in [5.41, 5.74) is 3.94. The average molecular weight is 1010 g/mol. The zero-order valence-corrected chi connectivity index (χ0v) is 38.8. The molecule has 0 radical (unpaired) electrons. The number of aromatic amines is 1. The molecule has 2 aliphatic heterocycles. The van der Waals surface area contributed by atoms with Crippen LogP contribution in [0.5, 0.6) is 5.75 Å². The van der Waals surface area contributed by atoms with Crippen molar-refractivity contribution in [2.75, 3.05) is 72.2 Å². The van der Waals surface area contributed by atoms with Crippen LogP contribution in [0.2, 0.25) is 5.02 Å². The van der Waals surface area contributed by atoms with E-state index in [1.165, 1.54) is 16.9 Å². The molecule has 2 amide bonds. The van der Waals surface area contributed by atoms with Gasteiger partial charge < -0.3 is 44.9 Å². The number of nitrogens with one attached hydrogen (secondary N) is 2. The van der Waals surface area contributed by atoms with Gasteiger partial charge >= 0.3 is 29.2 Å². The van der Waals surface area contributed by atoms with E-state index < -0.39 is 24.3 Å². The number of likely N-dealkylation sites (N-methyl/N-ethyl adjacent to an activating group) is 1. The Kier molecular flexibility index (Phi) is 20.4. The molecule has 2 fully saturated rings. The van der Waals surface area contributed by atoms with Gasteiger partial charge in [0.15, 0.2) is 0 Å². The first-order valence-corrected chi connectivity index (χ1v) is 22.9. The molecule has 6 rings (SSSR count). The van der Waals surface area contributed by atoms with E-state index >= 15 is 0 Å². The summed E-state index contributed by atoms with van der Waals surface area (Å²) in [7, 11) is 0. The van der Waals surface area contributed by atoms with Gasteiger partial charge in [-0.25, -0.2) is 14.6 Å². The Morgan fingerprint density at radius 2 is 1.66 bits per heavy atom. The average Bonchev–Trinajstić information content (AvgIpc) is 3.90. The van der Waals surface area contributed by atoms with Crippen LogP contribution < -0.4 is 10.2 Å². The number of hydrogen-bond donors (Lipinski definition) is 5. The normalized spacial score (nSPS) is 15.1. The van der Waals surface area contributed by atoms with Crippen molar-refractivity contribution in [3.8, 4) is 5.75 Å². The quantitative estimate of drug-likeness (QED) is 0.0633. The number of carboxylic acids is 2. The van der Waals surface area contributed by atoms with Crippen molar-refractivity contribution in [3.05, 3.63) is 77.8 Å². The lowest BCUT2D eigenvalue weighted by Gasteiger charge is -2.47. The fourth-order valence-corrected chi connectivity index (χ4v) is 8.83. The molecule has 2 aromatic carbocycles. The lowest BCUT2D eigenvalue weighted by Crippen LogP contribution is -2.58. The first-order chi connectivity index (χ1) is 31.5. The number of likely N-dealkylation sites (tertiary alicyclic amines) is 1. The molecule has 0 aliphatic carbocycles. The third-order valence-electron chi connectivity index (χ3n) is 10.6. The highest BCUT2D eigenvalue weighted by Crippen LogP contribution is 2.32. The Morgan fingerprint density at radius 3 is 2.27 bits per heavy atom. The minimum absolute atomic E-state index is 0.00304. The molecule has 4 heterocycles. The molecule has 4 aromatic rings. The summed E-state index contributed by atoms with van der Waals surface area (Å²) in [5, 5.41) is 31.1. The fraction of sp³-hybridized carbons (Fsp3) is 0.524. The van der Waals surface area contributed by atoms with Crippen molar-refractivity contribution in [2.24, 2.45) is 0 Å². The van der Waals surface area contributed by atoms with Crippen molar-refractivity contribution in [1.82, 2.24) is 30.0 Å². The van der Waals surface area contributed by atoms with Crippen LogP contribution >= 0.6 is 34.3 Å². The number of fused-ring (bicyclic) bond motifs is 1. The molecule has 0 bridgehead atoms. The number of carboxylic acid groups (broad SMARTS) is 2. The first-order valence-electron chi connectivity index (χ1n) is 20.9. The number of phenolic OH excluding ortho intramolecular Hbond substituents is 1. The number of aromatic hydroxyl groups is 1. The molecule has 2 aliphatic rings. The monoisotopic (exact) mass is 1010 g/mol. The van der Waals surface area contributed by atoms with E-state index in [9.17, 15) is 45.8 Å². The third-order valence-corrected chi connectivity index (χ3v) is 12.7. The van der Waals surface area contributed by atoms with Crippen molar-refractivity contribution < 1.29 is 70.3 Å². The van der Waals surface area contributed by atoms with Gasteiger partial charge in [-0.1, -0.05) is 41.1 Å². The number of carbonyl (C=O) groups excluding carboxylic acids is 2. The second kappa shape index (κ2) is 25.0. The number of thiazole rings is 2. The smallest absolute Gasteiger partial charge is 0.490 e.